The molecule has 0 aliphatic rings. The highest BCUT2D eigenvalue weighted by Crippen LogP contribution is 2.28. The number of amides is 2. The van der Waals surface area contributed by atoms with E-state index >= 15 is 0 Å². The lowest BCUT2D eigenvalue weighted by Crippen LogP contribution is -2.20. The van der Waals surface area contributed by atoms with Gasteiger partial charge in [-0.15, -0.1) is 0 Å². The lowest BCUT2D eigenvalue weighted by molar-refractivity contribution is -0.142. The average Bonchev–Trinajstić information content (AvgIpc) is 2.67. The molecule has 2 amide bonds. The Kier molecular flexibility index (Phi) is 8.06. The fraction of sp³-hybridized carbons (Fsp3) is 0.150. The SMILES string of the molecule is COc1ccc(NC(C)=O)cc1NC(=O)COC(=O)/C=C/c1ccc(Cl)c(Cl)c1. The third kappa shape index (κ3) is 7.14. The molecule has 0 radical (unpaired) electrons. The van der Waals surface area contributed by atoms with Crippen LogP contribution >= 0.6 is 23.2 Å². The Morgan fingerprint density at radius 2 is 1.79 bits per heavy atom. The van der Waals surface area contributed by atoms with Gasteiger partial charge in [0.15, 0.2) is 6.61 Å². The van der Waals surface area contributed by atoms with Crippen molar-refractivity contribution in [2.24, 2.45) is 0 Å². The van der Waals surface area contributed by atoms with E-state index < -0.39 is 18.5 Å². The predicted octanol–water partition coefficient (Wildman–Crippen LogP) is 4.16. The Bertz CT molecular complexity index is 960. The largest absolute Gasteiger partial charge is 0.495 e. The zero-order chi connectivity index (χ0) is 21.4. The number of carbonyl (C=O) groups excluding carboxylic acids is 3. The number of esters is 1. The van der Waals surface area contributed by atoms with Gasteiger partial charge in [-0.05, 0) is 42.0 Å². The molecule has 2 rings (SSSR count). The van der Waals surface area contributed by atoms with Crippen molar-refractivity contribution in [3.63, 3.8) is 0 Å². The van der Waals surface area contributed by atoms with Gasteiger partial charge in [0.25, 0.3) is 5.91 Å². The minimum atomic E-state index is -0.704. The minimum Gasteiger partial charge on any atom is -0.495 e. The van der Waals surface area contributed by atoms with Crippen molar-refractivity contribution in [3.8, 4) is 5.75 Å². The summed E-state index contributed by atoms with van der Waals surface area (Å²) >= 11 is 11.7. The van der Waals surface area contributed by atoms with Crippen molar-refractivity contribution in [2.45, 2.75) is 6.92 Å². The summed E-state index contributed by atoms with van der Waals surface area (Å²) in [5.74, 6) is -1.14. The Morgan fingerprint density at radius 3 is 2.45 bits per heavy atom. The van der Waals surface area contributed by atoms with Gasteiger partial charge >= 0.3 is 5.97 Å². The van der Waals surface area contributed by atoms with E-state index in [1.165, 1.54) is 32.3 Å². The molecule has 0 aliphatic heterocycles. The number of hydrogen-bond acceptors (Lipinski definition) is 5. The smallest absolute Gasteiger partial charge is 0.331 e. The Balaban J connectivity index is 1.93. The molecular weight excluding hydrogens is 419 g/mol. The number of nitrogens with one attached hydrogen (secondary N) is 2. The standard InChI is InChI=1S/C20H18Cl2N2O5/c1-12(25)23-14-5-7-18(28-2)17(10-14)24-19(26)11-29-20(27)8-4-13-3-6-15(21)16(22)9-13/h3-10H,11H2,1-2H3,(H,23,25)(H,24,26)/b8-4+. The summed E-state index contributed by atoms with van der Waals surface area (Å²) in [6, 6.07) is 9.62. The van der Waals surface area contributed by atoms with Crippen LogP contribution in [0.1, 0.15) is 12.5 Å². The molecular formula is C20H18Cl2N2O5. The molecule has 2 N–H and O–H groups in total. The van der Waals surface area contributed by atoms with E-state index in [0.29, 0.717) is 32.7 Å². The lowest BCUT2D eigenvalue weighted by atomic mass is 10.2. The van der Waals surface area contributed by atoms with Gasteiger partial charge in [-0.2, -0.15) is 0 Å². The molecule has 0 saturated heterocycles. The second kappa shape index (κ2) is 10.5. The van der Waals surface area contributed by atoms with E-state index in [1.54, 1.807) is 30.3 Å². The van der Waals surface area contributed by atoms with Crippen LogP contribution in [0.25, 0.3) is 6.08 Å². The fourth-order valence-electron chi connectivity index (χ4n) is 2.24. The van der Waals surface area contributed by atoms with E-state index in [4.69, 9.17) is 32.7 Å². The molecule has 0 saturated carbocycles. The molecule has 7 nitrogen and oxygen atoms in total. The van der Waals surface area contributed by atoms with Crippen molar-refractivity contribution in [1.29, 1.82) is 0 Å². The molecule has 0 spiro atoms. The minimum absolute atomic E-state index is 0.255. The highest BCUT2D eigenvalue weighted by Gasteiger charge is 2.11. The summed E-state index contributed by atoms with van der Waals surface area (Å²) in [5.41, 5.74) is 1.46. The van der Waals surface area contributed by atoms with Gasteiger partial charge in [-0.25, -0.2) is 4.79 Å². The van der Waals surface area contributed by atoms with E-state index in [0.717, 1.165) is 0 Å². The average molecular weight is 437 g/mol. The van der Waals surface area contributed by atoms with Crippen LogP contribution in [0.5, 0.6) is 5.75 Å². The molecule has 29 heavy (non-hydrogen) atoms. The van der Waals surface area contributed by atoms with Crippen molar-refractivity contribution < 1.29 is 23.9 Å². The fourth-order valence-corrected chi connectivity index (χ4v) is 2.54. The van der Waals surface area contributed by atoms with Crippen LogP contribution in [0.4, 0.5) is 11.4 Å². The van der Waals surface area contributed by atoms with Crippen molar-refractivity contribution >= 4 is 58.4 Å². The van der Waals surface area contributed by atoms with Crippen molar-refractivity contribution in [3.05, 3.63) is 58.1 Å². The molecule has 2 aromatic carbocycles. The maximum Gasteiger partial charge on any atom is 0.331 e. The molecule has 9 heteroatoms. The van der Waals surface area contributed by atoms with Gasteiger partial charge in [-0.3, -0.25) is 9.59 Å². The summed E-state index contributed by atoms with van der Waals surface area (Å²) in [6.45, 7) is 0.867. The first-order valence-corrected chi connectivity index (χ1v) is 9.09. The predicted molar refractivity (Wildman–Crippen MR) is 112 cm³/mol. The van der Waals surface area contributed by atoms with E-state index in [9.17, 15) is 14.4 Å². The highest BCUT2D eigenvalue weighted by atomic mass is 35.5. The topological polar surface area (TPSA) is 93.7 Å². The van der Waals surface area contributed by atoms with E-state index in [2.05, 4.69) is 10.6 Å². The third-order valence-electron chi connectivity index (χ3n) is 3.49. The van der Waals surface area contributed by atoms with Crippen LogP contribution in [0.2, 0.25) is 10.0 Å². The summed E-state index contributed by atoms with van der Waals surface area (Å²) in [7, 11) is 1.44. The molecule has 0 fully saturated rings. The van der Waals surface area contributed by atoms with Crippen molar-refractivity contribution in [1.82, 2.24) is 0 Å². The summed E-state index contributed by atoms with van der Waals surface area (Å²) in [4.78, 5) is 35.1. The first kappa shape index (κ1) is 22.3. The number of benzene rings is 2. The summed E-state index contributed by atoms with van der Waals surface area (Å²) < 4.78 is 10.1. The molecule has 0 aromatic heterocycles. The van der Waals surface area contributed by atoms with E-state index in [1.807, 2.05) is 0 Å². The molecule has 0 bridgehead atoms. The molecule has 0 aliphatic carbocycles. The Morgan fingerprint density at radius 1 is 1.03 bits per heavy atom. The summed E-state index contributed by atoms with van der Waals surface area (Å²) in [5, 5.41) is 5.93. The Labute approximate surface area is 177 Å². The summed E-state index contributed by atoms with van der Waals surface area (Å²) in [6.07, 6.45) is 2.66. The van der Waals surface area contributed by atoms with Gasteiger partial charge in [0.1, 0.15) is 5.75 Å². The van der Waals surface area contributed by atoms with Crippen LogP contribution in [0.15, 0.2) is 42.5 Å². The van der Waals surface area contributed by atoms with Gasteiger partial charge in [-0.1, -0.05) is 29.3 Å². The van der Waals surface area contributed by atoms with Crippen molar-refractivity contribution in [2.75, 3.05) is 24.4 Å². The number of methoxy groups -OCH3 is 1. The van der Waals surface area contributed by atoms with Gasteiger partial charge in [0, 0.05) is 18.7 Å². The van der Waals surface area contributed by atoms with E-state index in [-0.39, 0.29) is 5.91 Å². The van der Waals surface area contributed by atoms with Crippen LogP contribution in [-0.2, 0) is 19.1 Å². The number of halogens is 2. The van der Waals surface area contributed by atoms with Crippen LogP contribution in [0, 0.1) is 0 Å². The lowest BCUT2D eigenvalue weighted by Gasteiger charge is -2.12. The molecule has 0 atom stereocenters. The first-order valence-electron chi connectivity index (χ1n) is 8.34. The number of anilines is 2. The number of rotatable bonds is 7. The Hall–Kier alpha value is -3.03. The number of carbonyl (C=O) groups is 3. The van der Waals surface area contributed by atoms with Crippen LogP contribution < -0.4 is 15.4 Å². The van der Waals surface area contributed by atoms with Gasteiger partial charge in [0.05, 0.1) is 22.8 Å². The quantitative estimate of drug-likeness (QED) is 0.501. The maximum atomic E-state index is 12.1. The molecule has 0 unspecified atom stereocenters. The maximum absolute atomic E-state index is 12.1. The highest BCUT2D eigenvalue weighted by molar-refractivity contribution is 6.42. The zero-order valence-corrected chi connectivity index (χ0v) is 17.1. The van der Waals surface area contributed by atoms with Gasteiger partial charge < -0.3 is 20.1 Å². The van der Waals surface area contributed by atoms with Gasteiger partial charge in [0.2, 0.25) is 5.91 Å². The first-order chi connectivity index (χ1) is 13.8. The second-order valence-electron chi connectivity index (χ2n) is 5.76. The third-order valence-corrected chi connectivity index (χ3v) is 4.23. The number of ether oxygens (including phenoxy) is 2. The molecule has 0 heterocycles. The zero-order valence-electron chi connectivity index (χ0n) is 15.6. The molecule has 2 aromatic rings. The number of hydrogen-bond donors (Lipinski definition) is 2. The van der Waals surface area contributed by atoms with Crippen LogP contribution in [-0.4, -0.2) is 31.5 Å². The second-order valence-corrected chi connectivity index (χ2v) is 6.57. The monoisotopic (exact) mass is 436 g/mol. The normalized spacial score (nSPS) is 10.5. The van der Waals surface area contributed by atoms with Crippen LogP contribution in [0.3, 0.4) is 0 Å². The molecule has 152 valence electrons.